The maximum Gasteiger partial charge on any atom is 0.377 e. The molecule has 16 nitrogen and oxygen atoms in total. The summed E-state index contributed by atoms with van der Waals surface area (Å²) in [5.74, 6) is -11.9. The highest BCUT2D eigenvalue weighted by molar-refractivity contribution is 7.97. The molecule has 117 heavy (non-hydrogen) atoms. The molecule has 622 valence electrons. The minimum absolute atomic E-state index is 0.192. The summed E-state index contributed by atoms with van der Waals surface area (Å²) in [6.45, 7) is 16.7. The number of rotatable bonds is 21. The fourth-order valence-corrected chi connectivity index (χ4v) is 26.3. The summed E-state index contributed by atoms with van der Waals surface area (Å²) < 4.78 is 98.7. The molecule has 0 amide bonds. The van der Waals surface area contributed by atoms with Crippen molar-refractivity contribution in [3.05, 3.63) is 170 Å². The van der Waals surface area contributed by atoms with Gasteiger partial charge < -0.3 is 37.9 Å². The van der Waals surface area contributed by atoms with Crippen molar-refractivity contribution in [2.24, 2.45) is 106 Å². The van der Waals surface area contributed by atoms with Gasteiger partial charge in [0, 0.05) is 37.5 Å². The molecule has 12 atom stereocenters. The van der Waals surface area contributed by atoms with E-state index in [0.29, 0.717) is 61.9 Å². The smallest absolute Gasteiger partial charge is 0.377 e. The van der Waals surface area contributed by atoms with Crippen molar-refractivity contribution >= 4 is 69.5 Å². The summed E-state index contributed by atoms with van der Waals surface area (Å²) in [6.07, 6.45) is 10.8. The molecule has 0 spiro atoms. The fourth-order valence-electron chi connectivity index (χ4n) is 22.1. The van der Waals surface area contributed by atoms with E-state index < -0.39 is 130 Å². The van der Waals surface area contributed by atoms with Crippen molar-refractivity contribution in [2.75, 3.05) is 0 Å². The van der Waals surface area contributed by atoms with Gasteiger partial charge in [-0.3, -0.25) is 28.8 Å². The minimum Gasteiger partial charge on any atom is -0.459 e. The number of halogens is 4. The van der Waals surface area contributed by atoms with Gasteiger partial charge in [-0.1, -0.05) is 93.6 Å². The monoisotopic (exact) mass is 1640 g/mol. The Labute approximate surface area is 688 Å². The summed E-state index contributed by atoms with van der Waals surface area (Å²) in [7, 11) is -0.390. The molecule has 2 saturated heterocycles. The van der Waals surface area contributed by atoms with Crippen molar-refractivity contribution in [2.45, 2.75) is 242 Å². The standard InChI is InChI=1S/C24H30F2O6.2C24H25O2S.C23H28F2O6/c1-3-24(12-5-10-4-11(7-12)8-13(24)6-10)32-21(28)17-15-9-14-16(17)20(27)30-18(14)19(15)31-22(29)23(2,25)26;2*1-4-24(2,3)23(25)26-19-15-17-22(18-16-19)27(20-11-7-5-8-12-20)21-13-9-6-10-14-21;1-22(11-4-9-3-10(6-11)7-12(22)5-9)31-20(27)16-14-8-13-15(16)19(26)29-17(13)18(14)30-21(28)23(2,24)25/h10-19H,3-9H2,1-2H3;2*5-18H,4H2,1-3H3;9-18H,3-8H2,1-2H3/q;2*+1;. The molecular formula is C95H108F4O16S2+2. The zero-order chi connectivity index (χ0) is 83.0. The first-order valence-corrected chi connectivity index (χ1v) is 44.5. The average Bonchev–Trinajstić information content (AvgIpc) is 1.59. The number of ether oxygens (including phenoxy) is 8. The number of benzene rings is 6. The third-order valence-electron chi connectivity index (χ3n) is 28.6. The van der Waals surface area contributed by atoms with E-state index in [9.17, 15) is 55.9 Å². The third-order valence-corrected chi connectivity index (χ3v) is 33.1. The molecule has 20 rings (SSSR count). The van der Waals surface area contributed by atoms with Gasteiger partial charge in [0.15, 0.2) is 29.4 Å². The van der Waals surface area contributed by atoms with Crippen LogP contribution in [0.4, 0.5) is 17.6 Å². The zero-order valence-corrected chi connectivity index (χ0v) is 69.8. The Bertz CT molecular complexity index is 4340. The number of hydrogen-bond acceptors (Lipinski definition) is 16. The van der Waals surface area contributed by atoms with Crippen LogP contribution < -0.4 is 9.47 Å². The molecular weight excluding hydrogens is 1540 g/mol. The van der Waals surface area contributed by atoms with Crippen LogP contribution >= 0.6 is 0 Å². The molecule has 2 aliphatic heterocycles. The second-order valence-corrected chi connectivity index (χ2v) is 40.6. The van der Waals surface area contributed by atoms with Crippen molar-refractivity contribution in [3.63, 3.8) is 0 Å². The first-order valence-electron chi connectivity index (χ1n) is 42.1. The van der Waals surface area contributed by atoms with E-state index in [-0.39, 0.29) is 45.6 Å². The molecule has 12 unspecified atom stereocenters. The summed E-state index contributed by atoms with van der Waals surface area (Å²) in [4.78, 5) is 108. The molecule has 22 heteroatoms. The molecule has 2 heterocycles. The van der Waals surface area contributed by atoms with Crippen LogP contribution in [0.3, 0.4) is 0 Å². The van der Waals surface area contributed by atoms with Crippen LogP contribution in [0.15, 0.2) is 199 Å². The van der Waals surface area contributed by atoms with Gasteiger partial charge in [-0.2, -0.15) is 17.6 Å². The Morgan fingerprint density at radius 2 is 0.692 bits per heavy atom. The van der Waals surface area contributed by atoms with E-state index in [1.807, 2.05) is 97.0 Å². The molecule has 0 aromatic heterocycles. The lowest BCUT2D eigenvalue weighted by Gasteiger charge is -2.60. The van der Waals surface area contributed by atoms with Gasteiger partial charge in [0.25, 0.3) is 0 Å². The highest BCUT2D eigenvalue weighted by Crippen LogP contribution is 2.65. The van der Waals surface area contributed by atoms with E-state index in [1.54, 1.807) is 0 Å². The zero-order valence-electron chi connectivity index (χ0n) is 68.2. The maximum absolute atomic E-state index is 13.6. The van der Waals surface area contributed by atoms with E-state index in [4.69, 9.17) is 37.9 Å². The second kappa shape index (κ2) is 32.9. The lowest BCUT2D eigenvalue weighted by Crippen LogP contribution is -2.60. The molecule has 12 saturated carbocycles. The van der Waals surface area contributed by atoms with E-state index in [0.717, 1.165) is 94.3 Å². The van der Waals surface area contributed by atoms with Crippen molar-refractivity contribution in [3.8, 4) is 11.5 Å². The van der Waals surface area contributed by atoms with Gasteiger partial charge in [-0.15, -0.1) is 0 Å². The van der Waals surface area contributed by atoms with Gasteiger partial charge in [0.05, 0.1) is 56.3 Å². The average molecular weight is 1650 g/mol. The Balaban J connectivity index is 0.000000123. The Kier molecular flexibility index (Phi) is 23.5. The predicted octanol–water partition coefficient (Wildman–Crippen LogP) is 18.9. The molecule has 12 aliphatic carbocycles. The van der Waals surface area contributed by atoms with Gasteiger partial charge in [0.2, 0.25) is 0 Å². The SMILES string of the molecule is CC(F)(F)C(=O)OC1C2CC3C1OC(=O)C3C2C(=O)OC1(C)C2CC3CC(C2)CC1C3.CCC(C)(C)C(=O)Oc1ccc([S+](c2ccccc2)c2ccccc2)cc1.CCC(C)(C)C(=O)Oc1ccc([S+](c2ccccc2)c2ccccc2)cc1.CCC1(OC(=O)C2C3CC4C(OC(=O)C42)C3OC(=O)C(C)(F)F)C2CC3CC(C2)CC1C3. The quantitative estimate of drug-likeness (QED) is 0.0216. The summed E-state index contributed by atoms with van der Waals surface area (Å²) >= 11 is 0. The number of carbonyl (C=O) groups excluding carboxylic acids is 8. The Morgan fingerprint density at radius 3 is 0.991 bits per heavy atom. The van der Waals surface area contributed by atoms with Gasteiger partial charge >= 0.3 is 59.6 Å². The number of fused-ring (bicyclic) bond motifs is 2. The second-order valence-electron chi connectivity index (χ2n) is 36.6. The predicted molar refractivity (Wildman–Crippen MR) is 428 cm³/mol. The highest BCUT2D eigenvalue weighted by Gasteiger charge is 2.73. The first kappa shape index (κ1) is 83.6. The Morgan fingerprint density at radius 1 is 0.393 bits per heavy atom. The third kappa shape index (κ3) is 16.4. The van der Waals surface area contributed by atoms with Crippen LogP contribution in [0.25, 0.3) is 0 Å². The highest BCUT2D eigenvalue weighted by atomic mass is 32.2. The summed E-state index contributed by atoms with van der Waals surface area (Å²) in [5, 5.41) is 0. The van der Waals surface area contributed by atoms with Crippen LogP contribution in [0, 0.1) is 106 Å². The van der Waals surface area contributed by atoms with Gasteiger partial charge in [-0.25, -0.2) is 9.59 Å². The number of hydrogen-bond donors (Lipinski definition) is 0. The van der Waals surface area contributed by atoms with Crippen LogP contribution in [0.5, 0.6) is 11.5 Å². The largest absolute Gasteiger partial charge is 0.459 e. The topological polar surface area (TPSA) is 210 Å². The number of alkyl halides is 4. The molecule has 12 bridgehead atoms. The fraction of sp³-hybridized carbons (Fsp3) is 0.537. The minimum atomic E-state index is -3.65. The van der Waals surface area contributed by atoms with Crippen LogP contribution in [-0.4, -0.2) is 95.2 Å². The lowest BCUT2D eigenvalue weighted by molar-refractivity contribution is -0.218. The normalized spacial score (nSPS) is 32.5. The van der Waals surface area contributed by atoms with Crippen LogP contribution in [0.1, 0.15) is 166 Å². The molecule has 0 N–H and O–H groups in total. The summed E-state index contributed by atoms with van der Waals surface area (Å²) in [6, 6.07) is 57.8. The number of esters is 8. The van der Waals surface area contributed by atoms with Crippen LogP contribution in [0.2, 0.25) is 0 Å². The van der Waals surface area contributed by atoms with E-state index in [2.05, 4.69) is 128 Å². The van der Waals surface area contributed by atoms with Crippen LogP contribution in [-0.2, 0) is 88.6 Å². The van der Waals surface area contributed by atoms with Crippen molar-refractivity contribution in [1.82, 2.24) is 0 Å². The van der Waals surface area contributed by atoms with E-state index >= 15 is 0 Å². The van der Waals surface area contributed by atoms with Gasteiger partial charge in [-0.05, 0) is 275 Å². The van der Waals surface area contributed by atoms with Gasteiger partial charge in [0.1, 0.15) is 47.1 Å². The first-order chi connectivity index (χ1) is 55.7. The van der Waals surface area contributed by atoms with Crippen molar-refractivity contribution < 1.29 is 93.8 Å². The maximum atomic E-state index is 13.6. The molecule has 0 radical (unpaired) electrons. The molecule has 6 aromatic rings. The number of carbonyl (C=O) groups is 8. The summed E-state index contributed by atoms with van der Waals surface area (Å²) in [5.41, 5.74) is -2.00. The molecule has 14 fully saturated rings. The van der Waals surface area contributed by atoms with Crippen molar-refractivity contribution in [1.29, 1.82) is 0 Å². The molecule has 14 aliphatic rings. The Hall–Kier alpha value is -8.50. The lowest BCUT2D eigenvalue weighted by atomic mass is 9.49. The molecule has 6 aromatic carbocycles. The van der Waals surface area contributed by atoms with E-state index in [1.165, 1.54) is 42.2 Å².